The van der Waals surface area contributed by atoms with E-state index in [1.165, 1.54) is 11.3 Å². The molecule has 0 radical (unpaired) electrons. The molecule has 2 heterocycles. The minimum atomic E-state index is -0.131. The van der Waals surface area contributed by atoms with Crippen LogP contribution in [0.15, 0.2) is 34.2 Å². The zero-order valence-corrected chi connectivity index (χ0v) is 14.1. The van der Waals surface area contributed by atoms with E-state index >= 15 is 0 Å². The van der Waals surface area contributed by atoms with Crippen molar-refractivity contribution in [3.8, 4) is 17.1 Å². The van der Waals surface area contributed by atoms with E-state index in [1.54, 1.807) is 7.11 Å². The molecule has 7 nitrogen and oxygen atoms in total. The summed E-state index contributed by atoms with van der Waals surface area (Å²) >= 11 is 1.40. The first-order valence-corrected chi connectivity index (χ1v) is 8.21. The lowest BCUT2D eigenvalue weighted by atomic mass is 10.2. The Bertz CT molecular complexity index is 826. The molecule has 0 atom stereocenters. The van der Waals surface area contributed by atoms with Gasteiger partial charge in [-0.05, 0) is 31.2 Å². The van der Waals surface area contributed by atoms with Gasteiger partial charge in [-0.15, -0.1) is 11.3 Å². The molecule has 124 valence electrons. The Kier molecular flexibility index (Phi) is 4.85. The number of carbonyl (C=O) groups is 1. The molecule has 0 aliphatic heterocycles. The van der Waals surface area contributed by atoms with Crippen molar-refractivity contribution in [1.29, 1.82) is 0 Å². The summed E-state index contributed by atoms with van der Waals surface area (Å²) in [6.07, 6.45) is 0.627. The number of anilines is 1. The van der Waals surface area contributed by atoms with Crippen LogP contribution in [0.1, 0.15) is 18.0 Å². The number of carbonyl (C=O) groups excluding carboxylic acids is 1. The monoisotopic (exact) mass is 344 g/mol. The number of amides is 1. The van der Waals surface area contributed by atoms with Crippen LogP contribution in [-0.2, 0) is 11.2 Å². The zero-order chi connectivity index (χ0) is 16.9. The van der Waals surface area contributed by atoms with Gasteiger partial charge in [0, 0.05) is 23.8 Å². The largest absolute Gasteiger partial charge is 0.497 e. The summed E-state index contributed by atoms with van der Waals surface area (Å²) in [5, 5.41) is 9.17. The topological polar surface area (TPSA) is 90.1 Å². The van der Waals surface area contributed by atoms with Gasteiger partial charge in [-0.3, -0.25) is 4.79 Å². The lowest BCUT2D eigenvalue weighted by molar-refractivity contribution is -0.116. The highest BCUT2D eigenvalue weighted by molar-refractivity contribution is 7.13. The fourth-order valence-electron chi connectivity index (χ4n) is 2.03. The second-order valence-corrected chi connectivity index (χ2v) is 5.94. The van der Waals surface area contributed by atoms with Crippen LogP contribution in [0.5, 0.6) is 5.75 Å². The minimum absolute atomic E-state index is 0.131. The minimum Gasteiger partial charge on any atom is -0.497 e. The SMILES string of the molecule is COc1ccc(-c2noc(CCC(=O)Nc3nc(C)cs3)n2)cc1. The Morgan fingerprint density at radius 2 is 2.08 bits per heavy atom. The van der Waals surface area contributed by atoms with Crippen molar-refractivity contribution in [3.63, 3.8) is 0 Å². The van der Waals surface area contributed by atoms with Crippen LogP contribution in [0.3, 0.4) is 0 Å². The molecular weight excluding hydrogens is 328 g/mol. The zero-order valence-electron chi connectivity index (χ0n) is 13.3. The van der Waals surface area contributed by atoms with E-state index in [0.717, 1.165) is 17.0 Å². The number of aromatic nitrogens is 3. The molecule has 0 saturated carbocycles. The van der Waals surface area contributed by atoms with Crippen molar-refractivity contribution in [2.24, 2.45) is 0 Å². The summed E-state index contributed by atoms with van der Waals surface area (Å²) in [5.41, 5.74) is 1.71. The van der Waals surface area contributed by atoms with E-state index in [0.29, 0.717) is 23.3 Å². The normalized spacial score (nSPS) is 10.6. The molecule has 3 rings (SSSR count). The number of hydrogen-bond acceptors (Lipinski definition) is 7. The number of nitrogens with one attached hydrogen (secondary N) is 1. The maximum Gasteiger partial charge on any atom is 0.227 e. The Morgan fingerprint density at radius 3 is 2.75 bits per heavy atom. The van der Waals surface area contributed by atoms with Gasteiger partial charge in [-0.1, -0.05) is 5.16 Å². The predicted molar refractivity (Wildman–Crippen MR) is 90.1 cm³/mol. The van der Waals surface area contributed by atoms with Gasteiger partial charge in [0.15, 0.2) is 5.13 Å². The van der Waals surface area contributed by atoms with Gasteiger partial charge in [-0.25, -0.2) is 4.98 Å². The average Bonchev–Trinajstić information content (AvgIpc) is 3.22. The van der Waals surface area contributed by atoms with E-state index < -0.39 is 0 Å². The number of hydrogen-bond donors (Lipinski definition) is 1. The average molecular weight is 344 g/mol. The second-order valence-electron chi connectivity index (χ2n) is 5.08. The molecule has 0 saturated heterocycles. The molecule has 0 aliphatic carbocycles. The molecule has 2 aromatic heterocycles. The van der Waals surface area contributed by atoms with E-state index in [2.05, 4.69) is 20.4 Å². The third-order valence-corrected chi connectivity index (χ3v) is 4.12. The third-order valence-electron chi connectivity index (χ3n) is 3.25. The number of nitrogens with zero attached hydrogens (tertiary/aromatic N) is 3. The highest BCUT2D eigenvalue weighted by Crippen LogP contribution is 2.20. The van der Waals surface area contributed by atoms with Crippen LogP contribution < -0.4 is 10.1 Å². The summed E-state index contributed by atoms with van der Waals surface area (Å²) in [7, 11) is 1.61. The van der Waals surface area contributed by atoms with Gasteiger partial charge >= 0.3 is 0 Å². The van der Waals surface area contributed by atoms with Gasteiger partial charge in [0.25, 0.3) is 0 Å². The molecule has 0 spiro atoms. The Balaban J connectivity index is 1.56. The predicted octanol–water partition coefficient (Wildman–Crippen LogP) is 3.08. The summed E-state index contributed by atoms with van der Waals surface area (Å²) < 4.78 is 10.3. The van der Waals surface area contributed by atoms with E-state index in [4.69, 9.17) is 9.26 Å². The number of benzene rings is 1. The fourth-order valence-corrected chi connectivity index (χ4v) is 2.73. The summed E-state index contributed by atoms with van der Waals surface area (Å²) in [4.78, 5) is 20.4. The van der Waals surface area contributed by atoms with Crippen molar-refractivity contribution < 1.29 is 14.1 Å². The smallest absolute Gasteiger partial charge is 0.227 e. The number of ether oxygens (including phenoxy) is 1. The first kappa shape index (κ1) is 16.1. The molecule has 1 N–H and O–H groups in total. The molecule has 0 fully saturated rings. The molecule has 0 bridgehead atoms. The highest BCUT2D eigenvalue weighted by atomic mass is 32.1. The third kappa shape index (κ3) is 3.96. The molecule has 3 aromatic rings. The van der Waals surface area contributed by atoms with Crippen LogP contribution >= 0.6 is 11.3 Å². The summed E-state index contributed by atoms with van der Waals surface area (Å²) in [6.45, 7) is 1.88. The molecule has 1 amide bonds. The molecule has 24 heavy (non-hydrogen) atoms. The summed E-state index contributed by atoms with van der Waals surface area (Å²) in [6, 6.07) is 7.36. The fraction of sp³-hybridized carbons (Fsp3) is 0.250. The maximum absolute atomic E-state index is 11.9. The van der Waals surface area contributed by atoms with Gasteiger partial charge < -0.3 is 14.6 Å². The molecular formula is C16H16N4O3S. The Hall–Kier alpha value is -2.74. The van der Waals surface area contributed by atoms with Crippen LogP contribution in [-0.4, -0.2) is 28.1 Å². The van der Waals surface area contributed by atoms with Gasteiger partial charge in [0.1, 0.15) is 5.75 Å². The standard InChI is InChI=1S/C16H16N4O3S/c1-10-9-24-16(17-10)18-13(21)7-8-14-19-15(20-23-14)11-3-5-12(22-2)6-4-11/h3-6,9H,7-8H2,1-2H3,(H,17,18,21). The molecule has 0 unspecified atom stereocenters. The summed E-state index contributed by atoms with van der Waals surface area (Å²) in [5.74, 6) is 1.54. The number of thiazole rings is 1. The molecule has 0 aliphatic rings. The molecule has 1 aromatic carbocycles. The van der Waals surface area contributed by atoms with Crippen molar-refractivity contribution in [2.75, 3.05) is 12.4 Å². The van der Waals surface area contributed by atoms with Gasteiger partial charge in [0.2, 0.25) is 17.6 Å². The van der Waals surface area contributed by atoms with Gasteiger partial charge in [0.05, 0.1) is 12.8 Å². The first-order chi connectivity index (χ1) is 11.6. The number of aryl methyl sites for hydroxylation is 2. The van der Waals surface area contributed by atoms with Crippen molar-refractivity contribution in [1.82, 2.24) is 15.1 Å². The van der Waals surface area contributed by atoms with Crippen molar-refractivity contribution in [3.05, 3.63) is 41.2 Å². The second kappa shape index (κ2) is 7.22. The van der Waals surface area contributed by atoms with Crippen LogP contribution in [0, 0.1) is 6.92 Å². The van der Waals surface area contributed by atoms with Crippen molar-refractivity contribution in [2.45, 2.75) is 19.8 Å². The molecule has 8 heteroatoms. The number of methoxy groups -OCH3 is 1. The van der Waals surface area contributed by atoms with Crippen LogP contribution in [0.2, 0.25) is 0 Å². The lowest BCUT2D eigenvalue weighted by Gasteiger charge is -1.99. The lowest BCUT2D eigenvalue weighted by Crippen LogP contribution is -2.12. The van der Waals surface area contributed by atoms with Crippen molar-refractivity contribution >= 4 is 22.4 Å². The highest BCUT2D eigenvalue weighted by Gasteiger charge is 2.12. The Labute approximate surface area is 142 Å². The van der Waals surface area contributed by atoms with E-state index in [9.17, 15) is 4.79 Å². The van der Waals surface area contributed by atoms with Gasteiger partial charge in [-0.2, -0.15) is 4.98 Å². The number of rotatable bonds is 6. The first-order valence-electron chi connectivity index (χ1n) is 7.33. The maximum atomic E-state index is 11.9. The van der Waals surface area contributed by atoms with E-state index in [-0.39, 0.29) is 12.3 Å². The van der Waals surface area contributed by atoms with Crippen LogP contribution in [0.4, 0.5) is 5.13 Å². The van der Waals surface area contributed by atoms with Crippen LogP contribution in [0.25, 0.3) is 11.4 Å². The van der Waals surface area contributed by atoms with E-state index in [1.807, 2.05) is 36.6 Å². The Morgan fingerprint density at radius 1 is 1.29 bits per heavy atom. The quantitative estimate of drug-likeness (QED) is 0.739.